The highest BCUT2D eigenvalue weighted by atomic mass is 32.1. The van der Waals surface area contributed by atoms with Crippen LogP contribution in [0.1, 0.15) is 66.1 Å². The summed E-state index contributed by atoms with van der Waals surface area (Å²) < 4.78 is 5.14. The number of thiophene rings is 1. The molecule has 0 atom stereocenters. The van der Waals surface area contributed by atoms with Crippen molar-refractivity contribution >= 4 is 34.0 Å². The fraction of sp³-hybridized carbons (Fsp3) is 0.450. The first-order valence-electron chi connectivity index (χ1n) is 8.79. The quantitative estimate of drug-likeness (QED) is 0.594. The second-order valence-corrected chi connectivity index (χ2v) is 8.40. The molecule has 1 aliphatic rings. The van der Waals surface area contributed by atoms with Crippen LogP contribution >= 0.6 is 11.3 Å². The van der Waals surface area contributed by atoms with Gasteiger partial charge in [0, 0.05) is 12.8 Å². The van der Waals surface area contributed by atoms with Gasteiger partial charge in [-0.1, -0.05) is 13.8 Å². The van der Waals surface area contributed by atoms with E-state index < -0.39 is 11.9 Å². The van der Waals surface area contributed by atoms with E-state index in [4.69, 9.17) is 15.3 Å². The van der Waals surface area contributed by atoms with Crippen molar-refractivity contribution in [1.82, 2.24) is 0 Å². The number of nitriles is 2. The van der Waals surface area contributed by atoms with Crippen molar-refractivity contribution in [3.63, 3.8) is 0 Å². The first-order chi connectivity index (χ1) is 13.1. The number of nitrogens with zero attached hydrogens (tertiary/aromatic N) is 2. The Labute approximate surface area is 167 Å². The monoisotopic (exact) mass is 399 g/mol. The topological polar surface area (TPSA) is 120 Å². The van der Waals surface area contributed by atoms with Gasteiger partial charge in [0.05, 0.1) is 17.0 Å². The zero-order valence-corrected chi connectivity index (χ0v) is 17.1. The molecule has 1 N–H and O–H groups in total. The lowest BCUT2D eigenvalue weighted by molar-refractivity contribution is -0.115. The summed E-state index contributed by atoms with van der Waals surface area (Å²) in [6, 6.07) is 3.49. The van der Waals surface area contributed by atoms with E-state index in [1.165, 1.54) is 6.92 Å². The molecule has 1 aromatic rings. The second kappa shape index (κ2) is 8.37. The van der Waals surface area contributed by atoms with Gasteiger partial charge < -0.3 is 10.1 Å². The number of hydrogen-bond donors (Lipinski definition) is 1. The van der Waals surface area contributed by atoms with Crippen LogP contribution in [0, 0.1) is 28.1 Å². The van der Waals surface area contributed by atoms with Crippen LogP contribution < -0.4 is 5.32 Å². The van der Waals surface area contributed by atoms with E-state index in [1.54, 1.807) is 19.1 Å². The van der Waals surface area contributed by atoms with E-state index in [2.05, 4.69) is 5.32 Å². The van der Waals surface area contributed by atoms with Gasteiger partial charge in [0.15, 0.2) is 5.78 Å². The Morgan fingerprint density at radius 1 is 1.25 bits per heavy atom. The molecule has 146 valence electrons. The summed E-state index contributed by atoms with van der Waals surface area (Å²) in [4.78, 5) is 38.0. The van der Waals surface area contributed by atoms with E-state index in [0.717, 1.165) is 11.3 Å². The van der Waals surface area contributed by atoms with Crippen LogP contribution in [0.3, 0.4) is 0 Å². The number of ketones is 1. The largest absolute Gasteiger partial charge is 0.462 e. The molecule has 0 unspecified atom stereocenters. The van der Waals surface area contributed by atoms with Crippen LogP contribution in [0.15, 0.2) is 11.1 Å². The number of hydrogen-bond acceptors (Lipinski definition) is 7. The van der Waals surface area contributed by atoms with Gasteiger partial charge in [0.1, 0.15) is 22.7 Å². The molecular weight excluding hydrogens is 378 g/mol. The fourth-order valence-electron chi connectivity index (χ4n) is 3.14. The number of esters is 1. The smallest absolute Gasteiger partial charge is 0.341 e. The van der Waals surface area contributed by atoms with Crippen molar-refractivity contribution in [1.29, 1.82) is 10.5 Å². The average Bonchev–Trinajstić information content (AvgIpc) is 2.92. The van der Waals surface area contributed by atoms with Crippen molar-refractivity contribution < 1.29 is 19.1 Å². The molecule has 0 aromatic carbocycles. The summed E-state index contributed by atoms with van der Waals surface area (Å²) in [6.45, 7) is 7.29. The molecule has 0 bridgehead atoms. The summed E-state index contributed by atoms with van der Waals surface area (Å²) in [7, 11) is 0. The molecule has 0 radical (unpaired) electrons. The highest BCUT2D eigenvalue weighted by Crippen LogP contribution is 2.44. The third-order valence-electron chi connectivity index (χ3n) is 4.36. The van der Waals surface area contributed by atoms with Crippen molar-refractivity contribution in [3.8, 4) is 12.1 Å². The zero-order chi connectivity index (χ0) is 21.1. The van der Waals surface area contributed by atoms with E-state index in [-0.39, 0.29) is 40.4 Å². The SMILES string of the molecule is CCOC(=O)c1c(NC(=O)CC(C)=C(C#N)C#N)sc2c1CC(C)(C)CC2=O. The third kappa shape index (κ3) is 4.47. The predicted octanol–water partition coefficient (Wildman–Crippen LogP) is 3.77. The molecule has 1 aliphatic carbocycles. The van der Waals surface area contributed by atoms with Crippen LogP contribution in [0.4, 0.5) is 5.00 Å². The fourth-order valence-corrected chi connectivity index (χ4v) is 4.30. The molecule has 0 aliphatic heterocycles. The van der Waals surface area contributed by atoms with E-state index >= 15 is 0 Å². The van der Waals surface area contributed by atoms with E-state index in [1.807, 2.05) is 13.8 Å². The van der Waals surface area contributed by atoms with Crippen LogP contribution in [-0.2, 0) is 16.0 Å². The maximum Gasteiger partial charge on any atom is 0.341 e. The summed E-state index contributed by atoms with van der Waals surface area (Å²) in [5, 5.41) is 20.7. The van der Waals surface area contributed by atoms with Crippen LogP contribution in [-0.4, -0.2) is 24.3 Å². The number of carbonyl (C=O) groups is 3. The minimum absolute atomic E-state index is 0.0605. The molecule has 1 amide bonds. The van der Waals surface area contributed by atoms with Gasteiger partial charge in [-0.3, -0.25) is 9.59 Å². The predicted molar refractivity (Wildman–Crippen MR) is 104 cm³/mol. The molecular formula is C20H21N3O4S. The zero-order valence-electron chi connectivity index (χ0n) is 16.3. The van der Waals surface area contributed by atoms with Gasteiger partial charge in [0.2, 0.25) is 5.91 Å². The second-order valence-electron chi connectivity index (χ2n) is 7.38. The number of amides is 1. The molecule has 0 spiro atoms. The Morgan fingerprint density at radius 3 is 2.46 bits per heavy atom. The molecule has 0 saturated carbocycles. The minimum Gasteiger partial charge on any atom is -0.462 e. The number of carbonyl (C=O) groups excluding carboxylic acids is 3. The van der Waals surface area contributed by atoms with Gasteiger partial charge in [-0.2, -0.15) is 10.5 Å². The molecule has 1 aromatic heterocycles. The lowest BCUT2D eigenvalue weighted by atomic mass is 9.75. The number of ether oxygens (including phenoxy) is 1. The average molecular weight is 399 g/mol. The van der Waals surface area contributed by atoms with Crippen molar-refractivity contribution in [2.75, 3.05) is 11.9 Å². The van der Waals surface area contributed by atoms with Gasteiger partial charge in [0.25, 0.3) is 0 Å². The van der Waals surface area contributed by atoms with Crippen molar-refractivity contribution in [2.45, 2.75) is 47.0 Å². The first kappa shape index (κ1) is 21.3. The normalized spacial score (nSPS) is 14.3. The third-order valence-corrected chi connectivity index (χ3v) is 5.55. The number of anilines is 1. The number of Topliss-reactive ketones (excluding diaryl/α,β-unsaturated/α-hetero) is 1. The molecule has 28 heavy (non-hydrogen) atoms. The maximum atomic E-state index is 12.5. The number of rotatable bonds is 5. The Balaban J connectivity index is 2.42. The summed E-state index contributed by atoms with van der Waals surface area (Å²) in [6.07, 6.45) is 0.729. The van der Waals surface area contributed by atoms with Crippen molar-refractivity contribution in [2.24, 2.45) is 5.41 Å². The van der Waals surface area contributed by atoms with Crippen LogP contribution in [0.25, 0.3) is 0 Å². The van der Waals surface area contributed by atoms with Gasteiger partial charge >= 0.3 is 5.97 Å². The van der Waals surface area contributed by atoms with Gasteiger partial charge in [-0.05, 0) is 36.8 Å². The number of fused-ring (bicyclic) bond motifs is 1. The van der Waals surface area contributed by atoms with E-state index in [0.29, 0.717) is 28.9 Å². The summed E-state index contributed by atoms with van der Waals surface area (Å²) in [5.74, 6) is -1.12. The maximum absolute atomic E-state index is 12.5. The first-order valence-corrected chi connectivity index (χ1v) is 9.61. The number of allylic oxidation sites excluding steroid dienone is 1. The lowest BCUT2D eigenvalue weighted by Gasteiger charge is -2.28. The standard InChI is InChI=1S/C20H21N3O4S/c1-5-27-19(26)16-13-7-20(3,4)8-14(24)17(13)28-18(16)23-15(25)6-11(2)12(9-21)10-22/h5-8H2,1-4H3,(H,23,25). The molecule has 7 nitrogen and oxygen atoms in total. The molecule has 8 heteroatoms. The van der Waals surface area contributed by atoms with Gasteiger partial charge in [-0.15, -0.1) is 11.3 Å². The lowest BCUT2D eigenvalue weighted by Crippen LogP contribution is -2.27. The molecule has 2 rings (SSSR count). The number of nitrogens with one attached hydrogen (secondary N) is 1. The van der Waals surface area contributed by atoms with Crippen molar-refractivity contribution in [3.05, 3.63) is 27.2 Å². The van der Waals surface area contributed by atoms with Crippen LogP contribution in [0.2, 0.25) is 0 Å². The Morgan fingerprint density at radius 2 is 1.89 bits per heavy atom. The Hall–Kier alpha value is -2.97. The summed E-state index contributed by atoms with van der Waals surface area (Å²) in [5.41, 5.74) is 0.754. The summed E-state index contributed by atoms with van der Waals surface area (Å²) >= 11 is 1.07. The van der Waals surface area contributed by atoms with E-state index in [9.17, 15) is 14.4 Å². The molecule has 1 heterocycles. The highest BCUT2D eigenvalue weighted by molar-refractivity contribution is 7.18. The van der Waals surface area contributed by atoms with Crippen LogP contribution in [0.5, 0.6) is 0 Å². The highest BCUT2D eigenvalue weighted by Gasteiger charge is 2.38. The van der Waals surface area contributed by atoms with Gasteiger partial charge in [-0.25, -0.2) is 4.79 Å². The molecule has 0 fully saturated rings. The minimum atomic E-state index is -0.581. The Kier molecular flexibility index (Phi) is 6.37. The molecule has 0 saturated heterocycles. The Bertz CT molecular complexity index is 941.